The molecule has 0 spiro atoms. The van der Waals surface area contributed by atoms with Crippen LogP contribution < -0.4 is 4.74 Å². The number of rotatable bonds is 2. The minimum Gasteiger partial charge on any atom is -0.481 e. The van der Waals surface area contributed by atoms with Crippen LogP contribution in [-0.2, 0) is 0 Å². The molecule has 0 bridgehead atoms. The lowest BCUT2D eigenvalue weighted by Crippen LogP contribution is -2.01. The topological polar surface area (TPSA) is 35.0 Å². The van der Waals surface area contributed by atoms with Crippen molar-refractivity contribution >= 4 is 0 Å². The molecule has 3 nitrogen and oxygen atoms in total. The van der Waals surface area contributed by atoms with Crippen molar-refractivity contribution in [3.8, 4) is 5.88 Å². The van der Waals surface area contributed by atoms with Crippen LogP contribution in [0.2, 0.25) is 0 Å². The minimum absolute atomic E-state index is 0.418. The average Bonchev–Trinajstić information content (AvgIpc) is 2.04. The number of hydrogen-bond donors (Lipinski definition) is 0. The molecular weight excluding hydrogens is 152 g/mol. The molecule has 1 aromatic rings. The van der Waals surface area contributed by atoms with Gasteiger partial charge in [0.05, 0.1) is 12.8 Å². The van der Waals surface area contributed by atoms with Gasteiger partial charge >= 0.3 is 0 Å². The van der Waals surface area contributed by atoms with Crippen molar-refractivity contribution < 1.29 is 4.74 Å². The molecule has 0 aromatic carbocycles. The normalized spacial score (nSPS) is 10.4. The summed E-state index contributed by atoms with van der Waals surface area (Å²) in [6.07, 6.45) is 1.54. The lowest BCUT2D eigenvalue weighted by atomic mass is 10.1. The van der Waals surface area contributed by atoms with Crippen LogP contribution in [0.1, 0.15) is 31.0 Å². The van der Waals surface area contributed by atoms with Crippen LogP contribution in [0.4, 0.5) is 0 Å². The molecule has 0 unspecified atom stereocenters. The van der Waals surface area contributed by atoms with E-state index in [0.29, 0.717) is 11.8 Å². The maximum atomic E-state index is 5.08. The molecule has 0 atom stereocenters. The lowest BCUT2D eigenvalue weighted by Gasteiger charge is -2.09. The zero-order valence-corrected chi connectivity index (χ0v) is 7.96. The quantitative estimate of drug-likeness (QED) is 0.673. The van der Waals surface area contributed by atoms with Crippen LogP contribution in [0.3, 0.4) is 0 Å². The SMILES string of the molecule is COc1ncnc(C(C)C)c1C. The smallest absolute Gasteiger partial charge is 0.219 e. The van der Waals surface area contributed by atoms with E-state index in [1.807, 2.05) is 6.92 Å². The Bertz CT molecular complexity index is 271. The van der Waals surface area contributed by atoms with Gasteiger partial charge < -0.3 is 4.74 Å². The second kappa shape index (κ2) is 3.52. The highest BCUT2D eigenvalue weighted by molar-refractivity contribution is 5.29. The van der Waals surface area contributed by atoms with Crippen LogP contribution >= 0.6 is 0 Å². The van der Waals surface area contributed by atoms with Gasteiger partial charge in [-0.05, 0) is 12.8 Å². The first-order chi connectivity index (χ1) is 5.66. The zero-order valence-electron chi connectivity index (χ0n) is 7.96. The van der Waals surface area contributed by atoms with E-state index in [2.05, 4.69) is 23.8 Å². The molecule has 0 aliphatic heterocycles. The van der Waals surface area contributed by atoms with Crippen molar-refractivity contribution in [3.05, 3.63) is 17.6 Å². The van der Waals surface area contributed by atoms with Crippen molar-refractivity contribution in [2.24, 2.45) is 0 Å². The number of methoxy groups -OCH3 is 1. The molecule has 0 saturated carbocycles. The second-order valence-electron chi connectivity index (χ2n) is 3.05. The van der Waals surface area contributed by atoms with E-state index in [-0.39, 0.29) is 0 Å². The van der Waals surface area contributed by atoms with E-state index >= 15 is 0 Å². The van der Waals surface area contributed by atoms with Crippen LogP contribution in [-0.4, -0.2) is 17.1 Å². The molecule has 12 heavy (non-hydrogen) atoms. The summed E-state index contributed by atoms with van der Waals surface area (Å²) in [5, 5.41) is 0. The Hall–Kier alpha value is -1.12. The van der Waals surface area contributed by atoms with Crippen LogP contribution in [0, 0.1) is 6.92 Å². The first kappa shape index (κ1) is 8.97. The molecule has 0 saturated heterocycles. The molecule has 0 radical (unpaired) electrons. The molecule has 3 heteroatoms. The summed E-state index contributed by atoms with van der Waals surface area (Å²) in [5.41, 5.74) is 2.09. The molecule has 1 heterocycles. The lowest BCUT2D eigenvalue weighted by molar-refractivity contribution is 0.391. The number of nitrogens with zero attached hydrogens (tertiary/aromatic N) is 2. The van der Waals surface area contributed by atoms with Crippen LogP contribution in [0.15, 0.2) is 6.33 Å². The van der Waals surface area contributed by atoms with Gasteiger partial charge in [-0.2, -0.15) is 0 Å². The van der Waals surface area contributed by atoms with Gasteiger partial charge in [-0.15, -0.1) is 0 Å². The van der Waals surface area contributed by atoms with Crippen LogP contribution in [0.25, 0.3) is 0 Å². The maximum Gasteiger partial charge on any atom is 0.219 e. The van der Waals surface area contributed by atoms with Gasteiger partial charge in [0.1, 0.15) is 6.33 Å². The summed E-state index contributed by atoms with van der Waals surface area (Å²) in [6.45, 7) is 6.19. The van der Waals surface area contributed by atoms with Gasteiger partial charge in [0.2, 0.25) is 5.88 Å². The van der Waals surface area contributed by atoms with E-state index in [0.717, 1.165) is 11.3 Å². The van der Waals surface area contributed by atoms with Crippen LogP contribution in [0.5, 0.6) is 5.88 Å². The largest absolute Gasteiger partial charge is 0.481 e. The molecule has 66 valence electrons. The third kappa shape index (κ3) is 1.55. The standard InChI is InChI=1S/C9H14N2O/c1-6(2)8-7(3)9(12-4)11-5-10-8/h5-6H,1-4H3. The van der Waals surface area contributed by atoms with Crippen molar-refractivity contribution in [2.75, 3.05) is 7.11 Å². The number of hydrogen-bond acceptors (Lipinski definition) is 3. The zero-order chi connectivity index (χ0) is 9.14. The number of ether oxygens (including phenoxy) is 1. The first-order valence-corrected chi connectivity index (χ1v) is 4.02. The van der Waals surface area contributed by atoms with Gasteiger partial charge in [-0.1, -0.05) is 13.8 Å². The molecular formula is C9H14N2O. The van der Waals surface area contributed by atoms with Gasteiger partial charge in [0, 0.05) is 5.56 Å². The summed E-state index contributed by atoms with van der Waals surface area (Å²) in [5.74, 6) is 1.09. The van der Waals surface area contributed by atoms with Gasteiger partial charge in [0.25, 0.3) is 0 Å². The predicted octanol–water partition coefficient (Wildman–Crippen LogP) is 1.92. The van der Waals surface area contributed by atoms with Gasteiger partial charge in [-0.3, -0.25) is 0 Å². The highest BCUT2D eigenvalue weighted by Crippen LogP contribution is 2.21. The molecule has 1 rings (SSSR count). The monoisotopic (exact) mass is 166 g/mol. The van der Waals surface area contributed by atoms with E-state index in [1.54, 1.807) is 13.4 Å². The van der Waals surface area contributed by atoms with E-state index in [9.17, 15) is 0 Å². The first-order valence-electron chi connectivity index (χ1n) is 4.02. The highest BCUT2D eigenvalue weighted by Gasteiger charge is 2.09. The van der Waals surface area contributed by atoms with Crippen molar-refractivity contribution in [3.63, 3.8) is 0 Å². The third-order valence-corrected chi connectivity index (χ3v) is 1.82. The van der Waals surface area contributed by atoms with Crippen molar-refractivity contribution in [2.45, 2.75) is 26.7 Å². The highest BCUT2D eigenvalue weighted by atomic mass is 16.5. The fourth-order valence-electron chi connectivity index (χ4n) is 1.23. The van der Waals surface area contributed by atoms with E-state index in [1.165, 1.54) is 0 Å². The Morgan fingerprint density at radius 3 is 2.50 bits per heavy atom. The molecule has 0 aliphatic carbocycles. The fraction of sp³-hybridized carbons (Fsp3) is 0.556. The molecule has 0 N–H and O–H groups in total. The Morgan fingerprint density at radius 2 is 2.00 bits per heavy atom. The summed E-state index contributed by atoms with van der Waals surface area (Å²) in [6, 6.07) is 0. The fourth-order valence-corrected chi connectivity index (χ4v) is 1.23. The van der Waals surface area contributed by atoms with Gasteiger partial charge in [-0.25, -0.2) is 9.97 Å². The van der Waals surface area contributed by atoms with Gasteiger partial charge in [0.15, 0.2) is 0 Å². The molecule has 0 aliphatic rings. The summed E-state index contributed by atoms with van der Waals surface area (Å²) in [4.78, 5) is 8.20. The molecule has 0 amide bonds. The Morgan fingerprint density at radius 1 is 1.33 bits per heavy atom. The average molecular weight is 166 g/mol. The number of aromatic nitrogens is 2. The second-order valence-corrected chi connectivity index (χ2v) is 3.05. The molecule has 0 fully saturated rings. The Kier molecular flexibility index (Phi) is 2.63. The maximum absolute atomic E-state index is 5.08. The van der Waals surface area contributed by atoms with Crippen molar-refractivity contribution in [1.29, 1.82) is 0 Å². The minimum atomic E-state index is 0.418. The summed E-state index contributed by atoms with van der Waals surface area (Å²) in [7, 11) is 1.62. The summed E-state index contributed by atoms with van der Waals surface area (Å²) >= 11 is 0. The van der Waals surface area contributed by atoms with E-state index < -0.39 is 0 Å². The summed E-state index contributed by atoms with van der Waals surface area (Å²) < 4.78 is 5.08. The van der Waals surface area contributed by atoms with E-state index in [4.69, 9.17) is 4.74 Å². The van der Waals surface area contributed by atoms with Crippen molar-refractivity contribution in [1.82, 2.24) is 9.97 Å². The predicted molar refractivity (Wildman–Crippen MR) is 47.4 cm³/mol. The Labute approximate surface area is 72.8 Å². The molecule has 1 aromatic heterocycles. The third-order valence-electron chi connectivity index (χ3n) is 1.82. The Balaban J connectivity index is 3.14.